The standard InChI is InChI=1S/C24H27N3O5S/c1-4-18-7-5-9-20(15-18)27(17-23(28)25-2)24(29)19-8-6-14-26(16-19)33(30,31)22-12-10-21(32-3)11-13-22/h1,5,7,9-13,15,19H,6,8,14,16-17H2,2-3H3,(H,25,28). The van der Waals surface area contributed by atoms with E-state index in [9.17, 15) is 18.0 Å². The lowest BCUT2D eigenvalue weighted by atomic mass is 9.97. The van der Waals surface area contributed by atoms with Gasteiger partial charge in [-0.2, -0.15) is 4.31 Å². The Labute approximate surface area is 194 Å². The van der Waals surface area contributed by atoms with Gasteiger partial charge in [0.25, 0.3) is 0 Å². The third-order valence-electron chi connectivity index (χ3n) is 5.60. The molecule has 0 spiro atoms. The van der Waals surface area contributed by atoms with E-state index in [1.165, 1.54) is 35.5 Å². The average molecular weight is 470 g/mol. The van der Waals surface area contributed by atoms with Crippen molar-refractivity contribution in [3.05, 3.63) is 54.1 Å². The average Bonchev–Trinajstić information content (AvgIpc) is 2.86. The largest absolute Gasteiger partial charge is 0.497 e. The van der Waals surface area contributed by atoms with Crippen molar-refractivity contribution in [3.63, 3.8) is 0 Å². The summed E-state index contributed by atoms with van der Waals surface area (Å²) in [5.74, 6) is 1.83. The molecule has 0 radical (unpaired) electrons. The van der Waals surface area contributed by atoms with Gasteiger partial charge in [-0.3, -0.25) is 9.59 Å². The van der Waals surface area contributed by atoms with Crippen molar-refractivity contribution in [2.24, 2.45) is 5.92 Å². The van der Waals surface area contributed by atoms with E-state index in [4.69, 9.17) is 11.2 Å². The molecule has 2 amide bonds. The van der Waals surface area contributed by atoms with Crippen LogP contribution in [0.5, 0.6) is 5.75 Å². The Bertz CT molecular complexity index is 1160. The number of anilines is 1. The molecule has 1 fully saturated rings. The Balaban J connectivity index is 1.85. The SMILES string of the molecule is C#Cc1cccc(N(CC(=O)NC)C(=O)C2CCCN(S(=O)(=O)c3ccc(OC)cc3)C2)c1. The number of piperidine rings is 1. The first-order valence-corrected chi connectivity index (χ1v) is 12.0. The zero-order valence-corrected chi connectivity index (χ0v) is 19.5. The highest BCUT2D eigenvalue weighted by Crippen LogP contribution is 2.28. The third-order valence-corrected chi connectivity index (χ3v) is 7.48. The van der Waals surface area contributed by atoms with Gasteiger partial charge in [0.15, 0.2) is 0 Å². The molecule has 33 heavy (non-hydrogen) atoms. The number of hydrogen-bond donors (Lipinski definition) is 1. The van der Waals surface area contributed by atoms with Gasteiger partial charge >= 0.3 is 0 Å². The first-order chi connectivity index (χ1) is 15.8. The van der Waals surface area contributed by atoms with Crippen molar-refractivity contribution < 1.29 is 22.7 Å². The van der Waals surface area contributed by atoms with E-state index in [1.54, 1.807) is 36.4 Å². The maximum Gasteiger partial charge on any atom is 0.243 e. The van der Waals surface area contributed by atoms with Gasteiger partial charge in [-0.25, -0.2) is 8.42 Å². The molecule has 1 aliphatic heterocycles. The first-order valence-electron chi connectivity index (χ1n) is 10.5. The smallest absolute Gasteiger partial charge is 0.243 e. The number of carbonyl (C=O) groups excluding carboxylic acids is 2. The number of benzene rings is 2. The number of likely N-dealkylation sites (N-methyl/N-ethyl adjacent to an activating group) is 1. The molecule has 174 valence electrons. The molecule has 1 N–H and O–H groups in total. The van der Waals surface area contributed by atoms with Crippen molar-refractivity contribution in [1.82, 2.24) is 9.62 Å². The van der Waals surface area contributed by atoms with Crippen LogP contribution in [0.3, 0.4) is 0 Å². The van der Waals surface area contributed by atoms with E-state index < -0.39 is 15.9 Å². The monoisotopic (exact) mass is 469 g/mol. The molecule has 9 heteroatoms. The summed E-state index contributed by atoms with van der Waals surface area (Å²) in [4.78, 5) is 27.1. The summed E-state index contributed by atoms with van der Waals surface area (Å²) in [5, 5.41) is 2.53. The molecule has 1 atom stereocenters. The van der Waals surface area contributed by atoms with E-state index in [2.05, 4.69) is 11.2 Å². The van der Waals surface area contributed by atoms with Crippen LogP contribution in [0.25, 0.3) is 0 Å². The summed E-state index contributed by atoms with van der Waals surface area (Å²) in [5.41, 5.74) is 1.07. The fourth-order valence-electron chi connectivity index (χ4n) is 3.76. The van der Waals surface area contributed by atoms with Gasteiger partial charge in [-0.05, 0) is 55.3 Å². The lowest BCUT2D eigenvalue weighted by Gasteiger charge is -2.34. The molecule has 2 aromatic rings. The lowest BCUT2D eigenvalue weighted by Crippen LogP contribution is -2.49. The van der Waals surface area contributed by atoms with Gasteiger partial charge in [0.05, 0.1) is 17.9 Å². The number of carbonyl (C=O) groups is 2. The molecule has 1 unspecified atom stereocenters. The molecule has 3 rings (SSSR count). The molecule has 1 heterocycles. The van der Waals surface area contributed by atoms with E-state index in [0.29, 0.717) is 36.4 Å². The van der Waals surface area contributed by atoms with Crippen molar-refractivity contribution >= 4 is 27.5 Å². The van der Waals surface area contributed by atoms with Crippen molar-refractivity contribution in [1.29, 1.82) is 0 Å². The van der Waals surface area contributed by atoms with Crippen LogP contribution in [-0.4, -0.2) is 58.3 Å². The van der Waals surface area contributed by atoms with Gasteiger partial charge in [0.2, 0.25) is 21.8 Å². The summed E-state index contributed by atoms with van der Waals surface area (Å²) in [6.07, 6.45) is 6.54. The number of amides is 2. The predicted molar refractivity (Wildman–Crippen MR) is 125 cm³/mol. The number of hydrogen-bond acceptors (Lipinski definition) is 5. The quantitative estimate of drug-likeness (QED) is 0.625. The number of ether oxygens (including phenoxy) is 1. The Hall–Kier alpha value is -3.35. The summed E-state index contributed by atoms with van der Waals surface area (Å²) < 4.78 is 32.8. The fraction of sp³-hybridized carbons (Fsp3) is 0.333. The Morgan fingerprint density at radius 2 is 1.97 bits per heavy atom. The minimum absolute atomic E-state index is 0.0340. The molecule has 0 aromatic heterocycles. The number of nitrogens with one attached hydrogen (secondary N) is 1. The minimum Gasteiger partial charge on any atom is -0.497 e. The fourth-order valence-corrected chi connectivity index (χ4v) is 5.29. The zero-order chi connectivity index (χ0) is 24.0. The molecule has 0 bridgehead atoms. The second kappa shape index (κ2) is 10.5. The van der Waals surface area contributed by atoms with Crippen LogP contribution in [0.15, 0.2) is 53.4 Å². The molecular formula is C24H27N3O5S. The van der Waals surface area contributed by atoms with Crippen LogP contribution in [-0.2, 0) is 19.6 Å². The molecule has 1 aliphatic rings. The highest BCUT2D eigenvalue weighted by Gasteiger charge is 2.36. The predicted octanol–water partition coefficient (Wildman–Crippen LogP) is 1.86. The molecular weight excluding hydrogens is 442 g/mol. The summed E-state index contributed by atoms with van der Waals surface area (Å²) in [6.45, 7) is 0.164. The van der Waals surface area contributed by atoms with E-state index in [0.717, 1.165) is 0 Å². The molecule has 0 aliphatic carbocycles. The minimum atomic E-state index is -3.78. The highest BCUT2D eigenvalue weighted by molar-refractivity contribution is 7.89. The maximum absolute atomic E-state index is 13.5. The second-order valence-electron chi connectivity index (χ2n) is 7.67. The zero-order valence-electron chi connectivity index (χ0n) is 18.7. The maximum atomic E-state index is 13.5. The van der Waals surface area contributed by atoms with Crippen LogP contribution < -0.4 is 15.0 Å². The van der Waals surface area contributed by atoms with Gasteiger partial charge < -0.3 is 15.0 Å². The normalized spacial score (nSPS) is 16.5. The molecule has 2 aromatic carbocycles. The van der Waals surface area contributed by atoms with Gasteiger partial charge in [-0.15, -0.1) is 6.42 Å². The van der Waals surface area contributed by atoms with Crippen molar-refractivity contribution in [3.8, 4) is 18.1 Å². The number of nitrogens with zero attached hydrogens (tertiary/aromatic N) is 2. The first kappa shape index (κ1) is 24.3. The van der Waals surface area contributed by atoms with E-state index in [1.807, 2.05) is 0 Å². The summed E-state index contributed by atoms with van der Waals surface area (Å²) in [6, 6.07) is 13.0. The van der Waals surface area contributed by atoms with Crippen LogP contribution in [0, 0.1) is 18.3 Å². The molecule has 1 saturated heterocycles. The van der Waals surface area contributed by atoms with E-state index in [-0.39, 0.29) is 29.8 Å². The number of sulfonamides is 1. The number of terminal acetylenes is 1. The van der Waals surface area contributed by atoms with Crippen LogP contribution in [0.4, 0.5) is 5.69 Å². The lowest BCUT2D eigenvalue weighted by molar-refractivity contribution is -0.126. The number of rotatable bonds is 7. The van der Waals surface area contributed by atoms with Gasteiger partial charge in [0.1, 0.15) is 12.3 Å². The Kier molecular flexibility index (Phi) is 7.74. The third kappa shape index (κ3) is 5.53. The van der Waals surface area contributed by atoms with E-state index >= 15 is 0 Å². The highest BCUT2D eigenvalue weighted by atomic mass is 32.2. The second-order valence-corrected chi connectivity index (χ2v) is 9.61. The summed E-state index contributed by atoms with van der Waals surface area (Å²) in [7, 11) is -0.780. The van der Waals surface area contributed by atoms with Gasteiger partial charge in [0, 0.05) is 31.4 Å². The summed E-state index contributed by atoms with van der Waals surface area (Å²) >= 11 is 0. The Morgan fingerprint density at radius 3 is 2.61 bits per heavy atom. The molecule has 8 nitrogen and oxygen atoms in total. The van der Waals surface area contributed by atoms with Crippen LogP contribution in [0.1, 0.15) is 18.4 Å². The van der Waals surface area contributed by atoms with Crippen molar-refractivity contribution in [2.45, 2.75) is 17.7 Å². The van der Waals surface area contributed by atoms with Gasteiger partial charge in [-0.1, -0.05) is 12.0 Å². The van der Waals surface area contributed by atoms with Crippen LogP contribution in [0.2, 0.25) is 0 Å². The molecule has 0 saturated carbocycles. The van der Waals surface area contributed by atoms with Crippen LogP contribution >= 0.6 is 0 Å². The Morgan fingerprint density at radius 1 is 1.24 bits per heavy atom. The number of methoxy groups -OCH3 is 1. The van der Waals surface area contributed by atoms with Crippen molar-refractivity contribution in [2.75, 3.05) is 38.7 Å². The topological polar surface area (TPSA) is 96.0 Å².